The van der Waals surface area contributed by atoms with E-state index in [9.17, 15) is 5.11 Å². The van der Waals surface area contributed by atoms with Crippen molar-refractivity contribution in [3.05, 3.63) is 60.7 Å². The Morgan fingerprint density at radius 1 is 1.13 bits per heavy atom. The Hall–Kier alpha value is -1.34. The molecule has 1 aromatic rings. The summed E-state index contributed by atoms with van der Waals surface area (Å²) < 4.78 is 0. The molecule has 0 aliphatic carbocycles. The SMILES string of the molecule is C=CCC(O)C/C=C/Cc1ccccc1. The lowest BCUT2D eigenvalue weighted by molar-refractivity contribution is 0.181. The van der Waals surface area contributed by atoms with Crippen molar-refractivity contribution >= 4 is 0 Å². The van der Waals surface area contributed by atoms with Crippen LogP contribution in [0, 0.1) is 0 Å². The molecule has 1 rings (SSSR count). The molecule has 0 saturated heterocycles. The molecule has 0 bridgehead atoms. The summed E-state index contributed by atoms with van der Waals surface area (Å²) in [5.74, 6) is 0. The molecule has 1 N–H and O–H groups in total. The second-order valence-electron chi connectivity index (χ2n) is 3.58. The average molecular weight is 202 g/mol. The van der Waals surface area contributed by atoms with Crippen LogP contribution in [0.4, 0.5) is 0 Å². The molecule has 0 heterocycles. The standard InChI is InChI=1S/C14H18O/c1-2-8-14(15)12-7-6-11-13-9-4-3-5-10-13/h2-7,9-10,14-15H,1,8,11-12H2/b7-6+. The molecule has 1 aromatic carbocycles. The van der Waals surface area contributed by atoms with Crippen LogP contribution >= 0.6 is 0 Å². The van der Waals surface area contributed by atoms with E-state index in [4.69, 9.17) is 0 Å². The number of hydrogen-bond acceptors (Lipinski definition) is 1. The van der Waals surface area contributed by atoms with Gasteiger partial charge in [0.25, 0.3) is 0 Å². The molecule has 0 aromatic heterocycles. The molecule has 0 aliphatic heterocycles. The molecule has 1 atom stereocenters. The fourth-order valence-electron chi connectivity index (χ4n) is 1.38. The van der Waals surface area contributed by atoms with Crippen molar-refractivity contribution in [2.45, 2.75) is 25.4 Å². The van der Waals surface area contributed by atoms with E-state index in [2.05, 4.69) is 24.8 Å². The van der Waals surface area contributed by atoms with Gasteiger partial charge in [0.2, 0.25) is 0 Å². The highest BCUT2D eigenvalue weighted by molar-refractivity contribution is 5.17. The molecular formula is C14H18O. The summed E-state index contributed by atoms with van der Waals surface area (Å²) in [7, 11) is 0. The quantitative estimate of drug-likeness (QED) is 0.703. The molecule has 0 saturated carbocycles. The molecule has 0 fully saturated rings. The van der Waals surface area contributed by atoms with Gasteiger partial charge in [-0.05, 0) is 24.8 Å². The molecule has 80 valence electrons. The molecule has 0 radical (unpaired) electrons. The lowest BCUT2D eigenvalue weighted by Gasteiger charge is -2.02. The van der Waals surface area contributed by atoms with Gasteiger partial charge in [0, 0.05) is 0 Å². The van der Waals surface area contributed by atoms with Crippen molar-refractivity contribution < 1.29 is 5.11 Å². The molecule has 1 unspecified atom stereocenters. The number of aliphatic hydroxyl groups excluding tert-OH is 1. The Labute approximate surface area is 91.8 Å². The van der Waals surface area contributed by atoms with Crippen molar-refractivity contribution in [2.75, 3.05) is 0 Å². The van der Waals surface area contributed by atoms with Gasteiger partial charge in [0.1, 0.15) is 0 Å². The van der Waals surface area contributed by atoms with Gasteiger partial charge in [-0.2, -0.15) is 0 Å². The Morgan fingerprint density at radius 3 is 2.53 bits per heavy atom. The first-order valence-electron chi connectivity index (χ1n) is 5.31. The minimum atomic E-state index is -0.283. The number of allylic oxidation sites excluding steroid dienone is 1. The number of rotatable bonds is 6. The summed E-state index contributed by atoms with van der Waals surface area (Å²) in [5.41, 5.74) is 1.30. The van der Waals surface area contributed by atoms with Crippen LogP contribution in [0.15, 0.2) is 55.1 Å². The van der Waals surface area contributed by atoms with E-state index in [1.54, 1.807) is 6.08 Å². The first-order valence-corrected chi connectivity index (χ1v) is 5.31. The molecule has 1 heteroatoms. The zero-order valence-electron chi connectivity index (χ0n) is 8.97. The first-order chi connectivity index (χ1) is 7.33. The van der Waals surface area contributed by atoms with E-state index < -0.39 is 0 Å². The van der Waals surface area contributed by atoms with Gasteiger partial charge in [0.15, 0.2) is 0 Å². The van der Waals surface area contributed by atoms with Crippen molar-refractivity contribution in [1.82, 2.24) is 0 Å². The van der Waals surface area contributed by atoms with Gasteiger partial charge in [-0.1, -0.05) is 48.6 Å². The van der Waals surface area contributed by atoms with Crippen molar-refractivity contribution in [1.29, 1.82) is 0 Å². The monoisotopic (exact) mass is 202 g/mol. The summed E-state index contributed by atoms with van der Waals surface area (Å²) in [5, 5.41) is 9.42. The smallest absolute Gasteiger partial charge is 0.0608 e. The Bertz CT molecular complexity index is 300. The molecule has 0 aliphatic rings. The minimum Gasteiger partial charge on any atom is -0.392 e. The van der Waals surface area contributed by atoms with Gasteiger partial charge >= 0.3 is 0 Å². The zero-order valence-corrected chi connectivity index (χ0v) is 8.97. The predicted octanol–water partition coefficient (Wildman–Crippen LogP) is 3.11. The maximum Gasteiger partial charge on any atom is 0.0608 e. The van der Waals surface area contributed by atoms with E-state index in [0.29, 0.717) is 12.8 Å². The largest absolute Gasteiger partial charge is 0.392 e. The molecular weight excluding hydrogens is 184 g/mol. The van der Waals surface area contributed by atoms with Crippen LogP contribution in [0.2, 0.25) is 0 Å². The number of benzene rings is 1. The predicted molar refractivity (Wildman–Crippen MR) is 64.7 cm³/mol. The van der Waals surface area contributed by atoms with Crippen LogP contribution in [0.1, 0.15) is 18.4 Å². The highest BCUT2D eigenvalue weighted by atomic mass is 16.3. The summed E-state index contributed by atoms with van der Waals surface area (Å²) in [6.45, 7) is 3.59. The first kappa shape index (κ1) is 11.7. The van der Waals surface area contributed by atoms with Crippen LogP contribution < -0.4 is 0 Å². The van der Waals surface area contributed by atoms with Gasteiger partial charge in [-0.15, -0.1) is 6.58 Å². The van der Waals surface area contributed by atoms with E-state index in [-0.39, 0.29) is 6.10 Å². The second-order valence-corrected chi connectivity index (χ2v) is 3.58. The van der Waals surface area contributed by atoms with Crippen LogP contribution in [0.25, 0.3) is 0 Å². The molecule has 0 amide bonds. The Kier molecular flexibility index (Phi) is 5.49. The van der Waals surface area contributed by atoms with Gasteiger partial charge in [-0.25, -0.2) is 0 Å². The molecule has 0 spiro atoms. The maximum atomic E-state index is 9.42. The van der Waals surface area contributed by atoms with Crippen molar-refractivity contribution in [3.63, 3.8) is 0 Å². The summed E-state index contributed by atoms with van der Waals surface area (Å²) in [4.78, 5) is 0. The van der Waals surface area contributed by atoms with Gasteiger partial charge in [0.05, 0.1) is 6.10 Å². The third kappa shape index (κ3) is 5.18. The Morgan fingerprint density at radius 2 is 1.87 bits per heavy atom. The fraction of sp³-hybridized carbons (Fsp3) is 0.286. The highest BCUT2D eigenvalue weighted by Crippen LogP contribution is 2.03. The lowest BCUT2D eigenvalue weighted by atomic mass is 10.1. The number of hydrogen-bond donors (Lipinski definition) is 1. The maximum absolute atomic E-state index is 9.42. The fourth-order valence-corrected chi connectivity index (χ4v) is 1.38. The Balaban J connectivity index is 2.25. The summed E-state index contributed by atoms with van der Waals surface area (Å²) in [6.07, 6.45) is 7.89. The highest BCUT2D eigenvalue weighted by Gasteiger charge is 1.96. The number of aliphatic hydroxyl groups is 1. The topological polar surface area (TPSA) is 20.2 Å². The van der Waals surface area contributed by atoms with Crippen molar-refractivity contribution in [2.24, 2.45) is 0 Å². The van der Waals surface area contributed by atoms with E-state index >= 15 is 0 Å². The lowest BCUT2D eigenvalue weighted by Crippen LogP contribution is -2.01. The third-order valence-electron chi connectivity index (χ3n) is 2.21. The van der Waals surface area contributed by atoms with Crippen LogP contribution in [0.5, 0.6) is 0 Å². The van der Waals surface area contributed by atoms with Crippen molar-refractivity contribution in [3.8, 4) is 0 Å². The summed E-state index contributed by atoms with van der Waals surface area (Å²) in [6, 6.07) is 10.3. The van der Waals surface area contributed by atoms with Gasteiger partial charge in [-0.3, -0.25) is 0 Å². The van der Waals surface area contributed by atoms with E-state index in [1.807, 2.05) is 24.3 Å². The normalized spacial score (nSPS) is 12.9. The molecule has 1 nitrogen and oxygen atoms in total. The van der Waals surface area contributed by atoms with Gasteiger partial charge < -0.3 is 5.11 Å². The second kappa shape index (κ2) is 7.02. The molecule has 15 heavy (non-hydrogen) atoms. The average Bonchev–Trinajstić information content (AvgIpc) is 2.26. The minimum absolute atomic E-state index is 0.283. The van der Waals surface area contributed by atoms with E-state index in [0.717, 1.165) is 6.42 Å². The van der Waals surface area contributed by atoms with Crippen LogP contribution in [-0.4, -0.2) is 11.2 Å². The van der Waals surface area contributed by atoms with E-state index in [1.165, 1.54) is 5.56 Å². The summed E-state index contributed by atoms with van der Waals surface area (Å²) >= 11 is 0. The third-order valence-corrected chi connectivity index (χ3v) is 2.21. The zero-order chi connectivity index (χ0) is 10.9. The van der Waals surface area contributed by atoms with Crippen LogP contribution in [0.3, 0.4) is 0 Å². The van der Waals surface area contributed by atoms with Crippen LogP contribution in [-0.2, 0) is 6.42 Å².